The van der Waals surface area contributed by atoms with E-state index in [0.717, 1.165) is 24.4 Å². The third-order valence-corrected chi connectivity index (χ3v) is 2.06. The lowest BCUT2D eigenvalue weighted by Crippen LogP contribution is -2.23. The van der Waals surface area contributed by atoms with Crippen molar-refractivity contribution in [1.82, 2.24) is 9.55 Å². The summed E-state index contributed by atoms with van der Waals surface area (Å²) in [6.45, 7) is 4.10. The summed E-state index contributed by atoms with van der Waals surface area (Å²) >= 11 is 0. The van der Waals surface area contributed by atoms with Crippen molar-refractivity contribution in [2.45, 2.75) is 32.7 Å². The zero-order valence-electron chi connectivity index (χ0n) is 8.04. The van der Waals surface area contributed by atoms with Crippen molar-refractivity contribution in [1.29, 1.82) is 0 Å². The smallest absolute Gasteiger partial charge is 0.110 e. The highest BCUT2D eigenvalue weighted by Crippen LogP contribution is 2.03. The maximum absolute atomic E-state index is 5.83. The van der Waals surface area contributed by atoms with Crippen molar-refractivity contribution in [3.63, 3.8) is 0 Å². The molecule has 0 aliphatic heterocycles. The minimum Gasteiger partial charge on any atom is -0.338 e. The van der Waals surface area contributed by atoms with Crippen LogP contribution in [0.5, 0.6) is 0 Å². The second kappa shape index (κ2) is 3.72. The van der Waals surface area contributed by atoms with Gasteiger partial charge in [-0.3, -0.25) is 0 Å². The molecule has 0 bridgehead atoms. The molecule has 0 aliphatic rings. The Balaban J connectivity index is 2.68. The highest BCUT2D eigenvalue weighted by Gasteiger charge is 2.06. The lowest BCUT2D eigenvalue weighted by atomic mass is 10.1. The fourth-order valence-corrected chi connectivity index (χ4v) is 1.23. The molecule has 68 valence electrons. The third kappa shape index (κ3) is 2.08. The molecule has 1 rings (SSSR count). The number of aromatic nitrogens is 2. The molecule has 1 unspecified atom stereocenters. The van der Waals surface area contributed by atoms with Crippen LogP contribution in [-0.4, -0.2) is 15.6 Å². The van der Waals surface area contributed by atoms with Crippen LogP contribution >= 0.6 is 0 Å². The van der Waals surface area contributed by atoms with Crippen LogP contribution in [-0.2, 0) is 13.5 Å². The predicted molar refractivity (Wildman–Crippen MR) is 49.9 cm³/mol. The monoisotopic (exact) mass is 167 g/mol. The van der Waals surface area contributed by atoms with Gasteiger partial charge in [0.15, 0.2) is 0 Å². The number of hydrogen-bond donors (Lipinski definition) is 1. The van der Waals surface area contributed by atoms with Crippen LogP contribution < -0.4 is 5.73 Å². The van der Waals surface area contributed by atoms with Crippen LogP contribution in [0.2, 0.25) is 0 Å². The van der Waals surface area contributed by atoms with Crippen LogP contribution in [0.3, 0.4) is 0 Å². The van der Waals surface area contributed by atoms with E-state index in [0.29, 0.717) is 0 Å². The van der Waals surface area contributed by atoms with E-state index in [1.807, 2.05) is 24.7 Å². The summed E-state index contributed by atoms with van der Waals surface area (Å²) in [5, 5.41) is 0. The van der Waals surface area contributed by atoms with E-state index in [9.17, 15) is 0 Å². The summed E-state index contributed by atoms with van der Waals surface area (Å²) in [6, 6.07) is 0.241. The van der Waals surface area contributed by atoms with Gasteiger partial charge >= 0.3 is 0 Å². The van der Waals surface area contributed by atoms with Crippen molar-refractivity contribution in [2.24, 2.45) is 12.8 Å². The molecule has 0 saturated carbocycles. The molecule has 3 heteroatoms. The molecule has 0 radical (unpaired) electrons. The Bertz CT molecular complexity index is 252. The first-order valence-electron chi connectivity index (χ1n) is 4.38. The van der Waals surface area contributed by atoms with Gasteiger partial charge in [0.1, 0.15) is 5.82 Å². The Morgan fingerprint density at radius 1 is 1.67 bits per heavy atom. The minimum absolute atomic E-state index is 0.241. The van der Waals surface area contributed by atoms with Gasteiger partial charge in [0, 0.05) is 25.7 Å². The molecule has 1 heterocycles. The van der Waals surface area contributed by atoms with Gasteiger partial charge < -0.3 is 10.3 Å². The SMILES string of the molecule is CCC(N)Cc1nc(C)cn1C. The molecule has 0 amide bonds. The summed E-state index contributed by atoms with van der Waals surface area (Å²) in [4.78, 5) is 4.38. The number of nitrogens with two attached hydrogens (primary N) is 1. The summed E-state index contributed by atoms with van der Waals surface area (Å²) < 4.78 is 2.05. The summed E-state index contributed by atoms with van der Waals surface area (Å²) in [7, 11) is 2.01. The lowest BCUT2D eigenvalue weighted by molar-refractivity contribution is 0.608. The average molecular weight is 167 g/mol. The number of aryl methyl sites for hydroxylation is 2. The molecule has 3 nitrogen and oxygen atoms in total. The van der Waals surface area contributed by atoms with Gasteiger partial charge in [0.2, 0.25) is 0 Å². The normalized spacial score (nSPS) is 13.3. The van der Waals surface area contributed by atoms with Crippen molar-refractivity contribution in [2.75, 3.05) is 0 Å². The first kappa shape index (κ1) is 9.26. The third-order valence-electron chi connectivity index (χ3n) is 2.06. The van der Waals surface area contributed by atoms with E-state index in [2.05, 4.69) is 11.9 Å². The van der Waals surface area contributed by atoms with Crippen molar-refractivity contribution in [3.05, 3.63) is 17.7 Å². The maximum atomic E-state index is 5.83. The molecule has 1 aromatic rings. The van der Waals surface area contributed by atoms with Gasteiger partial charge in [-0.2, -0.15) is 0 Å². The fourth-order valence-electron chi connectivity index (χ4n) is 1.23. The number of hydrogen-bond acceptors (Lipinski definition) is 2. The van der Waals surface area contributed by atoms with Crippen LogP contribution in [0.1, 0.15) is 24.9 Å². The van der Waals surface area contributed by atoms with Gasteiger partial charge in [-0.15, -0.1) is 0 Å². The molecule has 0 saturated heterocycles. The molecule has 2 N–H and O–H groups in total. The van der Waals surface area contributed by atoms with Gasteiger partial charge in [-0.1, -0.05) is 6.92 Å². The minimum atomic E-state index is 0.241. The molecule has 0 fully saturated rings. The Hall–Kier alpha value is -0.830. The first-order chi connectivity index (χ1) is 5.63. The second-order valence-corrected chi connectivity index (χ2v) is 3.28. The zero-order valence-corrected chi connectivity index (χ0v) is 8.04. The quantitative estimate of drug-likeness (QED) is 0.730. The first-order valence-corrected chi connectivity index (χ1v) is 4.38. The number of imidazole rings is 1. The summed E-state index contributed by atoms with van der Waals surface area (Å²) in [6.07, 6.45) is 3.91. The van der Waals surface area contributed by atoms with Crippen LogP contribution in [0.25, 0.3) is 0 Å². The van der Waals surface area contributed by atoms with Crippen LogP contribution in [0.4, 0.5) is 0 Å². The molecule has 12 heavy (non-hydrogen) atoms. The van der Waals surface area contributed by atoms with Gasteiger partial charge in [-0.05, 0) is 13.3 Å². The molecule has 0 aliphatic carbocycles. The molecule has 1 aromatic heterocycles. The average Bonchev–Trinajstić information content (AvgIpc) is 2.30. The summed E-state index contributed by atoms with van der Waals surface area (Å²) in [5.74, 6) is 1.09. The fraction of sp³-hybridized carbons (Fsp3) is 0.667. The Morgan fingerprint density at radius 3 is 2.75 bits per heavy atom. The van der Waals surface area contributed by atoms with E-state index in [1.165, 1.54) is 0 Å². The standard InChI is InChI=1S/C9H17N3/c1-4-8(10)5-9-11-7(2)6-12(9)3/h6,8H,4-5,10H2,1-3H3. The van der Waals surface area contributed by atoms with Crippen LogP contribution in [0, 0.1) is 6.92 Å². The highest BCUT2D eigenvalue weighted by molar-refractivity contribution is 5.02. The summed E-state index contributed by atoms with van der Waals surface area (Å²) in [5.41, 5.74) is 6.90. The number of nitrogens with zero attached hydrogens (tertiary/aromatic N) is 2. The van der Waals surface area contributed by atoms with Crippen molar-refractivity contribution < 1.29 is 0 Å². The second-order valence-electron chi connectivity index (χ2n) is 3.28. The molecular weight excluding hydrogens is 150 g/mol. The van der Waals surface area contributed by atoms with Gasteiger partial charge in [-0.25, -0.2) is 4.98 Å². The van der Waals surface area contributed by atoms with Gasteiger partial charge in [0.25, 0.3) is 0 Å². The largest absolute Gasteiger partial charge is 0.338 e. The molecule has 0 aromatic carbocycles. The van der Waals surface area contributed by atoms with E-state index in [1.54, 1.807) is 0 Å². The number of rotatable bonds is 3. The lowest BCUT2D eigenvalue weighted by Gasteiger charge is -2.07. The van der Waals surface area contributed by atoms with E-state index in [4.69, 9.17) is 5.73 Å². The Labute approximate surface area is 73.6 Å². The molecule has 0 spiro atoms. The Kier molecular flexibility index (Phi) is 2.87. The van der Waals surface area contributed by atoms with Gasteiger partial charge in [0.05, 0.1) is 5.69 Å². The predicted octanol–water partition coefficient (Wildman–Crippen LogP) is 1.01. The molecule has 1 atom stereocenters. The topological polar surface area (TPSA) is 43.8 Å². The van der Waals surface area contributed by atoms with E-state index < -0.39 is 0 Å². The maximum Gasteiger partial charge on any atom is 0.110 e. The highest BCUT2D eigenvalue weighted by atomic mass is 15.0. The van der Waals surface area contributed by atoms with Crippen molar-refractivity contribution >= 4 is 0 Å². The van der Waals surface area contributed by atoms with Crippen molar-refractivity contribution in [3.8, 4) is 0 Å². The van der Waals surface area contributed by atoms with E-state index in [-0.39, 0.29) is 6.04 Å². The Morgan fingerprint density at radius 2 is 2.33 bits per heavy atom. The van der Waals surface area contributed by atoms with Crippen LogP contribution in [0.15, 0.2) is 6.20 Å². The zero-order chi connectivity index (χ0) is 9.14. The van der Waals surface area contributed by atoms with E-state index >= 15 is 0 Å². The molecular formula is C9H17N3.